The summed E-state index contributed by atoms with van der Waals surface area (Å²) in [6, 6.07) is 22.4. The smallest absolute Gasteiger partial charge is 0.265 e. The van der Waals surface area contributed by atoms with Crippen LogP contribution >= 0.6 is 11.8 Å². The van der Waals surface area contributed by atoms with Crippen molar-refractivity contribution >= 4 is 33.4 Å². The molecule has 1 aliphatic heterocycles. The first-order chi connectivity index (χ1) is 14.5. The van der Waals surface area contributed by atoms with Gasteiger partial charge in [-0.3, -0.25) is 9.10 Å². The second-order valence-electron chi connectivity index (χ2n) is 7.04. The molecular weight excluding hydrogens is 416 g/mol. The normalized spacial score (nSPS) is 14.0. The lowest BCUT2D eigenvalue weighted by molar-refractivity contribution is -0.119. The van der Waals surface area contributed by atoms with Gasteiger partial charge in [0.2, 0.25) is 5.91 Å². The van der Waals surface area contributed by atoms with Gasteiger partial charge in [-0.05, 0) is 31.2 Å². The van der Waals surface area contributed by atoms with Gasteiger partial charge < -0.3 is 5.32 Å². The highest BCUT2D eigenvalue weighted by Crippen LogP contribution is 2.42. The summed E-state index contributed by atoms with van der Waals surface area (Å²) in [5, 5.41) is 2.84. The quantitative estimate of drug-likeness (QED) is 0.465. The molecule has 5 nitrogen and oxygen atoms in total. The Kier molecular flexibility index (Phi) is 5.83. The maximum Gasteiger partial charge on any atom is 0.265 e. The molecule has 1 aliphatic rings. The molecule has 1 amide bonds. The van der Waals surface area contributed by atoms with E-state index >= 15 is 0 Å². The Labute approximate surface area is 181 Å². The minimum absolute atomic E-state index is 0.228. The molecule has 7 heteroatoms. The molecule has 0 atom stereocenters. The van der Waals surface area contributed by atoms with Crippen molar-refractivity contribution in [3.05, 3.63) is 78.4 Å². The molecule has 0 aromatic heterocycles. The predicted octanol–water partition coefficient (Wildman–Crippen LogP) is 4.08. The van der Waals surface area contributed by atoms with Crippen LogP contribution in [0, 0.1) is 6.92 Å². The maximum atomic E-state index is 13.2. The van der Waals surface area contributed by atoms with Gasteiger partial charge in [-0.15, -0.1) is 11.8 Å². The molecule has 154 valence electrons. The summed E-state index contributed by atoms with van der Waals surface area (Å²) in [6.45, 7) is 2.26. The summed E-state index contributed by atoms with van der Waals surface area (Å²) < 4.78 is 27.6. The molecule has 0 spiro atoms. The number of rotatable bonds is 6. The zero-order valence-corrected chi connectivity index (χ0v) is 18.2. The number of nitrogens with one attached hydrogen (secondary N) is 1. The third kappa shape index (κ3) is 4.08. The third-order valence-corrected chi connectivity index (χ3v) is 7.75. The monoisotopic (exact) mass is 438 g/mol. The average Bonchev–Trinajstić information content (AvgIpc) is 2.75. The van der Waals surface area contributed by atoms with Crippen LogP contribution in [0.25, 0.3) is 11.1 Å². The van der Waals surface area contributed by atoms with Gasteiger partial charge in [0, 0.05) is 28.3 Å². The molecule has 3 aromatic rings. The number of sulfonamides is 1. The molecule has 0 radical (unpaired) electrons. The fraction of sp³-hybridized carbons (Fsp3) is 0.174. The molecule has 3 aromatic carbocycles. The molecule has 1 heterocycles. The number of nitrogens with zero attached hydrogens (tertiary/aromatic N) is 1. The van der Waals surface area contributed by atoms with Crippen LogP contribution in [-0.4, -0.2) is 33.2 Å². The number of para-hydroxylation sites is 1. The Bertz CT molecular complexity index is 1180. The number of aryl methyl sites for hydroxylation is 1. The molecule has 0 saturated heterocycles. The van der Waals surface area contributed by atoms with Crippen molar-refractivity contribution in [1.82, 2.24) is 5.32 Å². The number of hydrogen-bond acceptors (Lipinski definition) is 4. The van der Waals surface area contributed by atoms with Crippen molar-refractivity contribution in [2.24, 2.45) is 0 Å². The van der Waals surface area contributed by atoms with Crippen molar-refractivity contribution in [1.29, 1.82) is 0 Å². The first-order valence-corrected chi connectivity index (χ1v) is 12.1. The van der Waals surface area contributed by atoms with Crippen molar-refractivity contribution in [2.45, 2.75) is 16.7 Å². The number of carbonyl (C=O) groups excluding carboxylic acids is 1. The number of hydrogen-bond donors (Lipinski definition) is 1. The standard InChI is InChI=1S/C23H22N2O3S2/c1-17-10-12-18(13-11-17)29-15-14-24-23(26)16-25-21-8-4-2-6-19(21)20-7-3-5-9-22(20)30(25,27)28/h2-13H,14-16H2,1H3,(H,24,26). The van der Waals surface area contributed by atoms with E-state index in [0.717, 1.165) is 10.5 Å². The summed E-state index contributed by atoms with van der Waals surface area (Å²) in [5.41, 5.74) is 3.21. The van der Waals surface area contributed by atoms with E-state index in [2.05, 4.69) is 29.6 Å². The summed E-state index contributed by atoms with van der Waals surface area (Å²) >= 11 is 1.65. The van der Waals surface area contributed by atoms with Crippen molar-refractivity contribution < 1.29 is 13.2 Å². The Morgan fingerprint density at radius 2 is 1.60 bits per heavy atom. The van der Waals surface area contributed by atoms with Gasteiger partial charge in [0.15, 0.2) is 0 Å². The second kappa shape index (κ2) is 8.53. The molecule has 0 bridgehead atoms. The van der Waals surface area contributed by atoms with Gasteiger partial charge in [0.25, 0.3) is 10.0 Å². The van der Waals surface area contributed by atoms with E-state index in [1.165, 1.54) is 9.87 Å². The Balaban J connectivity index is 1.45. The second-order valence-corrected chi connectivity index (χ2v) is 10.0. The first-order valence-electron chi connectivity index (χ1n) is 9.64. The molecular formula is C23H22N2O3S2. The van der Waals surface area contributed by atoms with E-state index in [4.69, 9.17) is 0 Å². The van der Waals surface area contributed by atoms with E-state index in [9.17, 15) is 13.2 Å². The lowest BCUT2D eigenvalue weighted by Crippen LogP contribution is -2.43. The van der Waals surface area contributed by atoms with Gasteiger partial charge in [-0.1, -0.05) is 54.1 Å². The van der Waals surface area contributed by atoms with Gasteiger partial charge >= 0.3 is 0 Å². The Hall–Kier alpha value is -2.77. The number of thioether (sulfide) groups is 1. The van der Waals surface area contributed by atoms with Crippen LogP contribution in [0.5, 0.6) is 0 Å². The minimum Gasteiger partial charge on any atom is -0.354 e. The zero-order valence-electron chi connectivity index (χ0n) is 16.5. The molecule has 0 saturated carbocycles. The first kappa shape index (κ1) is 20.5. The number of amides is 1. The Morgan fingerprint density at radius 1 is 0.933 bits per heavy atom. The van der Waals surface area contributed by atoms with Crippen LogP contribution in [0.4, 0.5) is 5.69 Å². The summed E-state index contributed by atoms with van der Waals surface area (Å²) in [7, 11) is -3.80. The fourth-order valence-electron chi connectivity index (χ4n) is 3.43. The van der Waals surface area contributed by atoms with Gasteiger partial charge in [0.05, 0.1) is 10.6 Å². The highest BCUT2D eigenvalue weighted by atomic mass is 32.2. The summed E-state index contributed by atoms with van der Waals surface area (Å²) in [5.74, 6) is 0.387. The highest BCUT2D eigenvalue weighted by molar-refractivity contribution is 7.99. The van der Waals surface area contributed by atoms with Gasteiger partial charge in [0.1, 0.15) is 6.54 Å². The van der Waals surface area contributed by atoms with E-state index in [-0.39, 0.29) is 17.3 Å². The van der Waals surface area contributed by atoms with E-state index < -0.39 is 10.0 Å². The number of anilines is 1. The largest absolute Gasteiger partial charge is 0.354 e. The molecule has 0 aliphatic carbocycles. The average molecular weight is 439 g/mol. The summed E-state index contributed by atoms with van der Waals surface area (Å²) in [4.78, 5) is 13.9. The van der Waals surface area contributed by atoms with Crippen LogP contribution in [0.1, 0.15) is 5.56 Å². The SMILES string of the molecule is Cc1ccc(SCCNC(=O)CN2c3ccccc3-c3ccccc3S2(=O)=O)cc1. The van der Waals surface area contributed by atoms with Crippen molar-refractivity contribution in [3.8, 4) is 11.1 Å². The lowest BCUT2D eigenvalue weighted by atomic mass is 10.0. The highest BCUT2D eigenvalue weighted by Gasteiger charge is 2.35. The van der Waals surface area contributed by atoms with Crippen LogP contribution in [0.15, 0.2) is 82.6 Å². The fourth-order valence-corrected chi connectivity index (χ4v) is 5.85. The zero-order chi connectivity index (χ0) is 21.1. The topological polar surface area (TPSA) is 66.5 Å². The van der Waals surface area contributed by atoms with Crippen molar-refractivity contribution in [2.75, 3.05) is 23.1 Å². The number of benzene rings is 3. The van der Waals surface area contributed by atoms with E-state index in [0.29, 0.717) is 23.5 Å². The van der Waals surface area contributed by atoms with Gasteiger partial charge in [-0.2, -0.15) is 0 Å². The minimum atomic E-state index is -3.80. The van der Waals surface area contributed by atoms with E-state index in [1.807, 2.05) is 25.1 Å². The molecule has 0 unspecified atom stereocenters. The van der Waals surface area contributed by atoms with Crippen LogP contribution < -0.4 is 9.62 Å². The molecule has 0 fully saturated rings. The number of fused-ring (bicyclic) bond motifs is 3. The lowest BCUT2D eigenvalue weighted by Gasteiger charge is -2.31. The maximum absolute atomic E-state index is 13.2. The van der Waals surface area contributed by atoms with Crippen molar-refractivity contribution in [3.63, 3.8) is 0 Å². The molecule has 1 N–H and O–H groups in total. The molecule has 4 rings (SSSR count). The third-order valence-electron chi connectivity index (χ3n) is 4.92. The van der Waals surface area contributed by atoms with Crippen LogP contribution in [0.3, 0.4) is 0 Å². The predicted molar refractivity (Wildman–Crippen MR) is 121 cm³/mol. The summed E-state index contributed by atoms with van der Waals surface area (Å²) in [6.07, 6.45) is 0. The van der Waals surface area contributed by atoms with Crippen LogP contribution in [0.2, 0.25) is 0 Å². The van der Waals surface area contributed by atoms with Gasteiger partial charge in [-0.25, -0.2) is 8.42 Å². The van der Waals surface area contributed by atoms with E-state index in [1.54, 1.807) is 42.1 Å². The Morgan fingerprint density at radius 3 is 2.37 bits per heavy atom. The number of carbonyl (C=O) groups is 1. The van der Waals surface area contributed by atoms with Crippen LogP contribution in [-0.2, 0) is 14.8 Å². The molecule has 30 heavy (non-hydrogen) atoms.